The number of hydrogen-bond acceptors (Lipinski definition) is 3. The Hall–Kier alpha value is -2.67. The Kier molecular flexibility index (Phi) is 2.73. The van der Waals surface area contributed by atoms with Crippen molar-refractivity contribution in [2.75, 3.05) is 7.11 Å². The summed E-state index contributed by atoms with van der Waals surface area (Å²) in [5, 5.41) is 4.18. The van der Waals surface area contributed by atoms with E-state index in [4.69, 9.17) is 4.74 Å². The first-order chi connectivity index (χ1) is 9.31. The first kappa shape index (κ1) is 11.4. The molecular formula is C15H12N2O2. The molecule has 0 saturated carbocycles. The Morgan fingerprint density at radius 1 is 1.37 bits per heavy atom. The highest BCUT2D eigenvalue weighted by Crippen LogP contribution is 2.22. The number of allylic oxidation sites excluding steroid dienone is 2. The molecule has 0 bridgehead atoms. The lowest BCUT2D eigenvalue weighted by atomic mass is 10.1. The van der Waals surface area contributed by atoms with Gasteiger partial charge in [0.15, 0.2) is 12.0 Å². The Balaban J connectivity index is 1.97. The number of carbonyl (C=O) groups excluding carboxylic acids is 1. The molecule has 1 atom stereocenters. The summed E-state index contributed by atoms with van der Waals surface area (Å²) >= 11 is 0. The van der Waals surface area contributed by atoms with Crippen molar-refractivity contribution < 1.29 is 9.53 Å². The van der Waals surface area contributed by atoms with E-state index in [1.165, 1.54) is 7.11 Å². The van der Waals surface area contributed by atoms with Crippen molar-refractivity contribution in [2.24, 2.45) is 0 Å². The molecular weight excluding hydrogens is 240 g/mol. The normalized spacial score (nSPS) is 17.6. The van der Waals surface area contributed by atoms with Crippen molar-refractivity contribution in [2.45, 2.75) is 6.04 Å². The molecule has 2 heterocycles. The minimum atomic E-state index is -0.230. The van der Waals surface area contributed by atoms with Gasteiger partial charge >= 0.3 is 0 Å². The van der Waals surface area contributed by atoms with Crippen LogP contribution in [0.4, 0.5) is 0 Å². The van der Waals surface area contributed by atoms with Crippen LogP contribution in [0.25, 0.3) is 10.9 Å². The third kappa shape index (κ3) is 1.95. The van der Waals surface area contributed by atoms with Crippen LogP contribution >= 0.6 is 0 Å². The molecule has 3 rings (SSSR count). The van der Waals surface area contributed by atoms with Crippen LogP contribution in [0.3, 0.4) is 0 Å². The number of H-pyrrole nitrogens is 1. The van der Waals surface area contributed by atoms with Gasteiger partial charge in [0.05, 0.1) is 12.8 Å². The van der Waals surface area contributed by atoms with Gasteiger partial charge in [-0.25, -0.2) is 0 Å². The molecule has 0 saturated heterocycles. The van der Waals surface area contributed by atoms with Crippen molar-refractivity contribution in [3.8, 4) is 11.8 Å². The third-order valence-corrected chi connectivity index (χ3v) is 3.06. The number of fused-ring (bicyclic) bond motifs is 1. The summed E-state index contributed by atoms with van der Waals surface area (Å²) in [6, 6.07) is 9.80. The van der Waals surface area contributed by atoms with E-state index in [-0.39, 0.29) is 6.04 Å². The number of para-hydroxylation sites is 1. The van der Waals surface area contributed by atoms with Gasteiger partial charge in [-0.1, -0.05) is 24.1 Å². The van der Waals surface area contributed by atoms with Crippen LogP contribution in [0.5, 0.6) is 0 Å². The number of hydrogen-bond donors (Lipinski definition) is 2. The molecule has 1 aliphatic rings. The van der Waals surface area contributed by atoms with Gasteiger partial charge in [-0.3, -0.25) is 4.79 Å². The third-order valence-electron chi connectivity index (χ3n) is 3.06. The molecule has 19 heavy (non-hydrogen) atoms. The number of aromatic amines is 1. The summed E-state index contributed by atoms with van der Waals surface area (Å²) in [5.74, 6) is 6.26. The maximum atomic E-state index is 11.0. The second-order valence-electron chi connectivity index (χ2n) is 4.22. The van der Waals surface area contributed by atoms with E-state index in [0.717, 1.165) is 22.9 Å². The summed E-state index contributed by atoms with van der Waals surface area (Å²) < 4.78 is 5.04. The molecule has 0 aliphatic carbocycles. The molecule has 1 unspecified atom stereocenters. The SMILES string of the molecule is COC1=C(C=O)NC(c2cc3ccccc3[nH]2)C#C1. The van der Waals surface area contributed by atoms with Gasteiger partial charge in [0, 0.05) is 5.52 Å². The van der Waals surface area contributed by atoms with Crippen molar-refractivity contribution in [1.82, 2.24) is 10.3 Å². The lowest BCUT2D eigenvalue weighted by Gasteiger charge is -2.17. The Bertz CT molecular complexity index is 698. The van der Waals surface area contributed by atoms with E-state index >= 15 is 0 Å². The maximum Gasteiger partial charge on any atom is 0.196 e. The van der Waals surface area contributed by atoms with Crippen LogP contribution in [-0.2, 0) is 9.53 Å². The van der Waals surface area contributed by atoms with E-state index in [2.05, 4.69) is 22.1 Å². The molecule has 1 aromatic carbocycles. The van der Waals surface area contributed by atoms with Gasteiger partial charge in [-0.2, -0.15) is 0 Å². The van der Waals surface area contributed by atoms with Crippen LogP contribution in [0.1, 0.15) is 11.7 Å². The minimum Gasteiger partial charge on any atom is -0.487 e. The predicted octanol–water partition coefficient (Wildman–Crippen LogP) is 1.87. The first-order valence-electron chi connectivity index (χ1n) is 5.91. The van der Waals surface area contributed by atoms with Gasteiger partial charge in [-0.15, -0.1) is 0 Å². The average Bonchev–Trinajstić information content (AvgIpc) is 2.90. The van der Waals surface area contributed by atoms with Crippen molar-refractivity contribution in [3.63, 3.8) is 0 Å². The molecule has 2 aromatic rings. The van der Waals surface area contributed by atoms with Gasteiger partial charge in [0.25, 0.3) is 0 Å². The lowest BCUT2D eigenvalue weighted by Crippen LogP contribution is -2.25. The number of benzene rings is 1. The van der Waals surface area contributed by atoms with Gasteiger partial charge in [-0.05, 0) is 23.4 Å². The lowest BCUT2D eigenvalue weighted by molar-refractivity contribution is -0.105. The maximum absolute atomic E-state index is 11.0. The zero-order valence-corrected chi connectivity index (χ0v) is 10.4. The van der Waals surface area contributed by atoms with Crippen molar-refractivity contribution in [3.05, 3.63) is 47.5 Å². The van der Waals surface area contributed by atoms with E-state index < -0.39 is 0 Å². The second kappa shape index (κ2) is 4.54. The highest BCUT2D eigenvalue weighted by atomic mass is 16.5. The minimum absolute atomic E-state index is 0.230. The molecule has 94 valence electrons. The monoisotopic (exact) mass is 252 g/mol. The molecule has 2 N–H and O–H groups in total. The summed E-state index contributed by atoms with van der Waals surface area (Å²) in [6.07, 6.45) is 0.725. The van der Waals surface area contributed by atoms with Gasteiger partial charge in [0.1, 0.15) is 11.7 Å². The largest absolute Gasteiger partial charge is 0.487 e. The van der Waals surface area contributed by atoms with Crippen LogP contribution < -0.4 is 5.32 Å². The van der Waals surface area contributed by atoms with Crippen LogP contribution in [0.15, 0.2) is 41.8 Å². The molecule has 1 aromatic heterocycles. The Labute approximate surface area is 110 Å². The second-order valence-corrected chi connectivity index (χ2v) is 4.22. The quantitative estimate of drug-likeness (QED) is 0.647. The first-order valence-corrected chi connectivity index (χ1v) is 5.91. The van der Waals surface area contributed by atoms with Crippen LogP contribution in [0.2, 0.25) is 0 Å². The molecule has 0 amide bonds. The van der Waals surface area contributed by atoms with Gasteiger partial charge in [0.2, 0.25) is 0 Å². The van der Waals surface area contributed by atoms with E-state index in [1.807, 2.05) is 30.3 Å². The number of aromatic nitrogens is 1. The predicted molar refractivity (Wildman–Crippen MR) is 72.1 cm³/mol. The standard InChI is InChI=1S/C15H12N2O2/c1-19-15-7-6-12(17-14(15)9-18)13-8-10-4-2-3-5-11(10)16-13/h2-5,8-9,12,16-17H,1H3. The molecule has 0 spiro atoms. The van der Waals surface area contributed by atoms with Crippen LogP contribution in [-0.4, -0.2) is 18.4 Å². The zero-order valence-electron chi connectivity index (χ0n) is 10.4. The van der Waals surface area contributed by atoms with E-state index in [0.29, 0.717) is 11.5 Å². The molecule has 0 fully saturated rings. The summed E-state index contributed by atoms with van der Waals surface area (Å²) in [4.78, 5) is 14.3. The number of nitrogens with one attached hydrogen (secondary N) is 2. The van der Waals surface area contributed by atoms with Gasteiger partial charge < -0.3 is 15.0 Å². The summed E-state index contributed by atoms with van der Waals surface area (Å²) in [5.41, 5.74) is 2.36. The molecule has 4 heteroatoms. The van der Waals surface area contributed by atoms with Crippen LogP contribution in [0, 0.1) is 11.8 Å². The molecule has 4 nitrogen and oxygen atoms in total. The fourth-order valence-electron chi connectivity index (χ4n) is 2.12. The highest BCUT2D eigenvalue weighted by Gasteiger charge is 2.18. The Morgan fingerprint density at radius 2 is 2.21 bits per heavy atom. The van der Waals surface area contributed by atoms with Crippen molar-refractivity contribution >= 4 is 17.2 Å². The average molecular weight is 252 g/mol. The van der Waals surface area contributed by atoms with Crippen molar-refractivity contribution in [1.29, 1.82) is 0 Å². The highest BCUT2D eigenvalue weighted by molar-refractivity contribution is 5.81. The van der Waals surface area contributed by atoms with E-state index in [1.54, 1.807) is 0 Å². The topological polar surface area (TPSA) is 54.1 Å². The van der Waals surface area contributed by atoms with E-state index in [9.17, 15) is 4.79 Å². The zero-order chi connectivity index (χ0) is 13.2. The summed E-state index contributed by atoms with van der Waals surface area (Å²) in [7, 11) is 1.50. The number of aldehydes is 1. The fourth-order valence-corrected chi connectivity index (χ4v) is 2.12. The Morgan fingerprint density at radius 3 is 2.95 bits per heavy atom. The smallest absolute Gasteiger partial charge is 0.196 e. The molecule has 1 aliphatic heterocycles. The number of methoxy groups -OCH3 is 1. The number of ether oxygens (including phenoxy) is 1. The number of carbonyl (C=O) groups is 1. The number of rotatable bonds is 3. The fraction of sp³-hybridized carbons (Fsp3) is 0.133. The molecule has 0 radical (unpaired) electrons. The summed E-state index contributed by atoms with van der Waals surface area (Å²) in [6.45, 7) is 0.